The fourth-order valence-corrected chi connectivity index (χ4v) is 3.76. The van der Waals surface area contributed by atoms with Crippen molar-refractivity contribution in [1.82, 2.24) is 34.8 Å². The van der Waals surface area contributed by atoms with Crippen molar-refractivity contribution in [3.8, 4) is 0 Å². The minimum Gasteiger partial charge on any atom is -0.355 e. The van der Waals surface area contributed by atoms with Crippen LogP contribution in [0.3, 0.4) is 0 Å². The average Bonchev–Trinajstić information content (AvgIpc) is 3.59. The maximum Gasteiger partial charge on any atom is 0.245 e. The number of carbonyl (C=O) groups excluding carboxylic acids is 1. The zero-order valence-electron chi connectivity index (χ0n) is 19.3. The third-order valence-electron chi connectivity index (χ3n) is 5.32. The minimum absolute atomic E-state index is 0.372. The quantitative estimate of drug-likeness (QED) is 0.522. The molecule has 5 heterocycles. The van der Waals surface area contributed by atoms with E-state index in [4.69, 9.17) is 4.98 Å². The van der Waals surface area contributed by atoms with Gasteiger partial charge in [-0.1, -0.05) is 13.8 Å². The number of piperidine rings is 1. The smallest absolute Gasteiger partial charge is 0.245 e. The van der Waals surface area contributed by atoms with Crippen LogP contribution in [0.1, 0.15) is 39.5 Å². The molecule has 0 aliphatic carbocycles. The van der Waals surface area contributed by atoms with Crippen LogP contribution in [0.15, 0.2) is 30.9 Å². The molecule has 10 nitrogen and oxygen atoms in total. The van der Waals surface area contributed by atoms with Gasteiger partial charge in [-0.15, -0.1) is 5.10 Å². The Morgan fingerprint density at radius 2 is 2.03 bits per heavy atom. The number of amides is 1. The molecule has 0 unspecified atom stereocenters. The Bertz CT molecular complexity index is 955. The molecule has 0 spiro atoms. The highest BCUT2D eigenvalue weighted by Crippen LogP contribution is 2.23. The largest absolute Gasteiger partial charge is 0.355 e. The number of hydrogen-bond acceptors (Lipinski definition) is 7. The summed E-state index contributed by atoms with van der Waals surface area (Å²) in [6.07, 6.45) is 11.1. The number of carbonyl (C=O) groups is 1. The van der Waals surface area contributed by atoms with E-state index in [0.717, 1.165) is 62.1 Å². The summed E-state index contributed by atoms with van der Waals surface area (Å²) in [5, 5.41) is 13.8. The second kappa shape index (κ2) is 12.0. The molecule has 1 amide bonds. The fourth-order valence-electron chi connectivity index (χ4n) is 3.76. The van der Waals surface area contributed by atoms with Crippen molar-refractivity contribution in [2.75, 3.05) is 36.4 Å². The van der Waals surface area contributed by atoms with Gasteiger partial charge in [0.1, 0.15) is 11.3 Å². The fraction of sp³-hybridized carbons (Fsp3) is 0.545. The number of hydrogen-bond donors (Lipinski definition) is 3. The molecule has 174 valence electrons. The Morgan fingerprint density at radius 3 is 2.69 bits per heavy atom. The second-order valence-corrected chi connectivity index (χ2v) is 7.67. The molecule has 3 N–H and O–H groups in total. The molecule has 10 heteroatoms. The zero-order valence-corrected chi connectivity index (χ0v) is 19.3. The summed E-state index contributed by atoms with van der Waals surface area (Å²) in [6, 6.07) is 4.34. The van der Waals surface area contributed by atoms with Gasteiger partial charge in [-0.25, -0.2) is 9.50 Å². The number of aryl methyl sites for hydroxylation is 1. The molecule has 0 radical (unpaired) electrons. The molecule has 2 aliphatic rings. The first-order valence-electron chi connectivity index (χ1n) is 11.5. The molecule has 2 aliphatic heterocycles. The van der Waals surface area contributed by atoms with Crippen LogP contribution in [-0.2, 0) is 11.8 Å². The summed E-state index contributed by atoms with van der Waals surface area (Å²) in [4.78, 5) is 21.2. The Morgan fingerprint density at radius 1 is 1.22 bits per heavy atom. The van der Waals surface area contributed by atoms with Crippen molar-refractivity contribution in [3.63, 3.8) is 0 Å². The number of anilines is 3. The van der Waals surface area contributed by atoms with Gasteiger partial charge < -0.3 is 25.4 Å². The van der Waals surface area contributed by atoms with Crippen molar-refractivity contribution >= 4 is 29.5 Å². The van der Waals surface area contributed by atoms with Crippen LogP contribution in [0.2, 0.25) is 0 Å². The van der Waals surface area contributed by atoms with E-state index in [1.165, 1.54) is 19.3 Å². The summed E-state index contributed by atoms with van der Waals surface area (Å²) in [7, 11) is 1.95. The van der Waals surface area contributed by atoms with E-state index in [9.17, 15) is 4.79 Å². The molecular weight excluding hydrogens is 406 g/mol. The predicted octanol–water partition coefficient (Wildman–Crippen LogP) is 2.32. The SMILES string of the molecule is CC.Cn1cnc(Nc2nc(N3CCCC3)nn3cccc23)c1.O=CN[C@@H]1CCCNC1. The Balaban J connectivity index is 0.000000222. The van der Waals surface area contributed by atoms with E-state index < -0.39 is 0 Å². The summed E-state index contributed by atoms with van der Waals surface area (Å²) in [5.74, 6) is 2.34. The van der Waals surface area contributed by atoms with E-state index >= 15 is 0 Å². The lowest BCUT2D eigenvalue weighted by Crippen LogP contribution is -2.42. The van der Waals surface area contributed by atoms with Crippen LogP contribution in [0.5, 0.6) is 0 Å². The van der Waals surface area contributed by atoms with Crippen molar-refractivity contribution in [1.29, 1.82) is 0 Å². The lowest BCUT2D eigenvalue weighted by Gasteiger charge is -2.21. The predicted molar refractivity (Wildman–Crippen MR) is 127 cm³/mol. The van der Waals surface area contributed by atoms with Gasteiger partial charge in [0.25, 0.3) is 0 Å². The van der Waals surface area contributed by atoms with Crippen LogP contribution in [0.4, 0.5) is 17.6 Å². The normalized spacial score (nSPS) is 17.7. The number of aromatic nitrogens is 5. The molecule has 2 fully saturated rings. The van der Waals surface area contributed by atoms with Crippen molar-refractivity contribution in [2.24, 2.45) is 7.05 Å². The van der Waals surface area contributed by atoms with Crippen LogP contribution in [-0.4, -0.2) is 62.8 Å². The second-order valence-electron chi connectivity index (χ2n) is 7.67. The zero-order chi connectivity index (χ0) is 22.8. The third kappa shape index (κ3) is 6.19. The van der Waals surface area contributed by atoms with Crippen LogP contribution in [0, 0.1) is 0 Å². The highest BCUT2D eigenvalue weighted by atomic mass is 16.1. The molecule has 3 aromatic rings. The van der Waals surface area contributed by atoms with E-state index in [0.29, 0.717) is 6.04 Å². The Kier molecular flexibility index (Phi) is 8.85. The first-order chi connectivity index (χ1) is 15.7. The van der Waals surface area contributed by atoms with Gasteiger partial charge in [-0.3, -0.25) is 4.79 Å². The van der Waals surface area contributed by atoms with Crippen LogP contribution in [0.25, 0.3) is 5.52 Å². The number of imidazole rings is 1. The standard InChI is InChI=1S/C14H17N7.C6H12N2O.C2H6/c1-19-9-12(15-10-19)16-13-11-5-4-8-21(11)18-14(17-13)20-6-2-3-7-20;9-5-8-6-2-1-3-7-4-6;1-2/h4-5,8-10H,2-3,6-7H2,1H3,(H,16,17,18);5-7H,1-4H2,(H,8,9);1-2H3/t;6-;/m.1./s1. The van der Waals surface area contributed by atoms with Crippen molar-refractivity contribution < 1.29 is 4.79 Å². The van der Waals surface area contributed by atoms with E-state index in [1.54, 1.807) is 6.33 Å². The first-order valence-corrected chi connectivity index (χ1v) is 11.5. The van der Waals surface area contributed by atoms with Crippen LogP contribution >= 0.6 is 0 Å². The Labute approximate surface area is 189 Å². The number of nitrogens with zero attached hydrogens (tertiary/aromatic N) is 6. The minimum atomic E-state index is 0.372. The number of nitrogens with one attached hydrogen (secondary N) is 3. The molecule has 32 heavy (non-hydrogen) atoms. The molecule has 0 bridgehead atoms. The molecular formula is C22H35N9O. The maximum atomic E-state index is 9.93. The van der Waals surface area contributed by atoms with Gasteiger partial charge in [0.05, 0.1) is 6.33 Å². The molecule has 5 rings (SSSR count). The highest BCUT2D eigenvalue weighted by Gasteiger charge is 2.18. The van der Waals surface area contributed by atoms with Gasteiger partial charge in [0, 0.05) is 45.1 Å². The van der Waals surface area contributed by atoms with Crippen molar-refractivity contribution in [3.05, 3.63) is 30.9 Å². The molecule has 2 saturated heterocycles. The Hall–Kier alpha value is -3.14. The van der Waals surface area contributed by atoms with Gasteiger partial charge >= 0.3 is 0 Å². The summed E-state index contributed by atoms with van der Waals surface area (Å²) in [5.41, 5.74) is 0.948. The molecule has 0 saturated carbocycles. The lowest BCUT2D eigenvalue weighted by atomic mass is 10.1. The molecule has 0 aromatic carbocycles. The van der Waals surface area contributed by atoms with Gasteiger partial charge in [0.2, 0.25) is 12.4 Å². The van der Waals surface area contributed by atoms with Gasteiger partial charge in [-0.2, -0.15) is 4.98 Å². The third-order valence-corrected chi connectivity index (χ3v) is 5.32. The molecule has 1 atom stereocenters. The summed E-state index contributed by atoms with van der Waals surface area (Å²) < 4.78 is 3.77. The first kappa shape index (κ1) is 23.5. The number of fused-ring (bicyclic) bond motifs is 1. The maximum absolute atomic E-state index is 9.93. The van der Waals surface area contributed by atoms with E-state index in [1.807, 2.05) is 54.5 Å². The van der Waals surface area contributed by atoms with Crippen molar-refractivity contribution in [2.45, 2.75) is 45.6 Å². The van der Waals surface area contributed by atoms with E-state index in [-0.39, 0.29) is 0 Å². The molecule has 3 aromatic heterocycles. The summed E-state index contributed by atoms with van der Waals surface area (Å²) in [6.45, 7) is 8.07. The van der Waals surface area contributed by atoms with Gasteiger partial charge in [0.15, 0.2) is 5.82 Å². The topological polar surface area (TPSA) is 104 Å². The lowest BCUT2D eigenvalue weighted by molar-refractivity contribution is -0.110. The highest BCUT2D eigenvalue weighted by molar-refractivity contribution is 5.72. The summed E-state index contributed by atoms with van der Waals surface area (Å²) >= 11 is 0. The number of rotatable bonds is 5. The van der Waals surface area contributed by atoms with Gasteiger partial charge in [-0.05, 0) is 44.4 Å². The average molecular weight is 442 g/mol. The van der Waals surface area contributed by atoms with E-state index in [2.05, 4.69) is 30.9 Å². The van der Waals surface area contributed by atoms with Crippen LogP contribution < -0.4 is 20.9 Å². The monoisotopic (exact) mass is 441 g/mol.